The molecule has 1 aromatic carbocycles. The Kier molecular flexibility index (Phi) is 3.27. The minimum Gasteiger partial charge on any atom is -0.328 e. The van der Waals surface area contributed by atoms with Crippen LogP contribution in [-0.4, -0.2) is 9.55 Å². The molecule has 20 heavy (non-hydrogen) atoms. The first-order valence-electron chi connectivity index (χ1n) is 6.92. The minimum atomic E-state index is -0.300. The van der Waals surface area contributed by atoms with Gasteiger partial charge in [-0.3, -0.25) is 0 Å². The molecule has 2 aromatic rings. The Morgan fingerprint density at radius 1 is 1.35 bits per heavy atom. The lowest BCUT2D eigenvalue weighted by atomic mass is 10.0. The first kappa shape index (κ1) is 12.9. The van der Waals surface area contributed by atoms with Crippen LogP contribution in [0.5, 0.6) is 0 Å². The number of imidazole rings is 1. The molecule has 0 N–H and O–H groups in total. The maximum absolute atomic E-state index is 13.4. The average molecular weight is 269 g/mol. The Balaban J connectivity index is 2.02. The van der Waals surface area contributed by atoms with E-state index >= 15 is 0 Å². The Labute approximate surface area is 117 Å². The summed E-state index contributed by atoms with van der Waals surface area (Å²) < 4.78 is 15.5. The largest absolute Gasteiger partial charge is 0.328 e. The second-order valence-corrected chi connectivity index (χ2v) is 5.26. The molecule has 1 heterocycles. The molecule has 0 bridgehead atoms. The highest BCUT2D eigenvalue weighted by Gasteiger charge is 2.18. The van der Waals surface area contributed by atoms with Gasteiger partial charge in [0.1, 0.15) is 11.6 Å². The van der Waals surface area contributed by atoms with Crippen LogP contribution < -0.4 is 0 Å². The number of nitriles is 1. The standard InChI is InChI=1S/C16H16FN3/c1-11-19-15-4-2-3-5-16(15)20(11)10-13-8-14(17)7-6-12(13)9-18/h6-8H,2-5,10H2,1H3. The molecule has 0 spiro atoms. The molecule has 1 aromatic heterocycles. The zero-order chi connectivity index (χ0) is 14.1. The third-order valence-corrected chi connectivity index (χ3v) is 3.94. The lowest BCUT2D eigenvalue weighted by Crippen LogP contribution is -2.11. The first-order valence-corrected chi connectivity index (χ1v) is 6.92. The lowest BCUT2D eigenvalue weighted by molar-refractivity contribution is 0.611. The van der Waals surface area contributed by atoms with E-state index in [2.05, 4.69) is 15.6 Å². The van der Waals surface area contributed by atoms with Gasteiger partial charge in [-0.15, -0.1) is 0 Å². The summed E-state index contributed by atoms with van der Waals surface area (Å²) in [7, 11) is 0. The molecule has 0 unspecified atom stereocenters. The molecule has 1 aliphatic carbocycles. The van der Waals surface area contributed by atoms with E-state index in [-0.39, 0.29) is 5.82 Å². The van der Waals surface area contributed by atoms with Gasteiger partial charge < -0.3 is 4.57 Å². The van der Waals surface area contributed by atoms with Crippen LogP contribution >= 0.6 is 0 Å². The molecule has 0 saturated heterocycles. The van der Waals surface area contributed by atoms with Crippen LogP contribution in [0.3, 0.4) is 0 Å². The number of fused-ring (bicyclic) bond motifs is 1. The quantitative estimate of drug-likeness (QED) is 0.840. The van der Waals surface area contributed by atoms with Crippen molar-refractivity contribution in [2.24, 2.45) is 0 Å². The van der Waals surface area contributed by atoms with Crippen molar-refractivity contribution in [3.05, 3.63) is 52.4 Å². The van der Waals surface area contributed by atoms with Crippen LogP contribution in [0.25, 0.3) is 0 Å². The van der Waals surface area contributed by atoms with Crippen molar-refractivity contribution < 1.29 is 4.39 Å². The van der Waals surface area contributed by atoms with Gasteiger partial charge in [0, 0.05) is 5.69 Å². The van der Waals surface area contributed by atoms with Gasteiger partial charge >= 0.3 is 0 Å². The van der Waals surface area contributed by atoms with Crippen molar-refractivity contribution in [1.82, 2.24) is 9.55 Å². The van der Waals surface area contributed by atoms with E-state index in [0.29, 0.717) is 12.1 Å². The van der Waals surface area contributed by atoms with Crippen molar-refractivity contribution in [3.8, 4) is 6.07 Å². The van der Waals surface area contributed by atoms with E-state index in [0.717, 1.165) is 24.2 Å². The van der Waals surface area contributed by atoms with E-state index in [1.54, 1.807) is 6.07 Å². The molecule has 0 amide bonds. The second-order valence-electron chi connectivity index (χ2n) is 5.26. The molecular weight excluding hydrogens is 253 g/mol. The van der Waals surface area contributed by atoms with Gasteiger partial charge in [-0.2, -0.15) is 5.26 Å². The molecule has 0 atom stereocenters. The number of aryl methyl sites for hydroxylation is 2. The summed E-state index contributed by atoms with van der Waals surface area (Å²) in [5, 5.41) is 9.15. The van der Waals surface area contributed by atoms with Gasteiger partial charge in [0.15, 0.2) is 0 Å². The normalized spacial score (nSPS) is 13.8. The van der Waals surface area contributed by atoms with Crippen molar-refractivity contribution in [3.63, 3.8) is 0 Å². The van der Waals surface area contributed by atoms with E-state index in [1.807, 2.05) is 6.92 Å². The van der Waals surface area contributed by atoms with Crippen molar-refractivity contribution in [2.75, 3.05) is 0 Å². The monoisotopic (exact) mass is 269 g/mol. The molecule has 1 aliphatic rings. The molecule has 0 radical (unpaired) electrons. The van der Waals surface area contributed by atoms with E-state index in [9.17, 15) is 4.39 Å². The van der Waals surface area contributed by atoms with Crippen molar-refractivity contribution >= 4 is 0 Å². The Hall–Kier alpha value is -2.15. The maximum atomic E-state index is 13.4. The number of benzene rings is 1. The zero-order valence-corrected chi connectivity index (χ0v) is 11.5. The molecule has 3 rings (SSSR count). The average Bonchev–Trinajstić information content (AvgIpc) is 2.76. The predicted molar refractivity (Wildman–Crippen MR) is 73.8 cm³/mol. The summed E-state index contributed by atoms with van der Waals surface area (Å²) in [6, 6.07) is 6.46. The summed E-state index contributed by atoms with van der Waals surface area (Å²) in [6.07, 6.45) is 4.41. The predicted octanol–water partition coefficient (Wildman–Crippen LogP) is 3.13. The van der Waals surface area contributed by atoms with Gasteiger partial charge in [0.2, 0.25) is 0 Å². The van der Waals surface area contributed by atoms with Crippen LogP contribution in [0.1, 0.15) is 41.2 Å². The molecular formula is C16H16FN3. The fourth-order valence-electron chi connectivity index (χ4n) is 2.92. The molecule has 0 saturated carbocycles. The van der Waals surface area contributed by atoms with Crippen molar-refractivity contribution in [2.45, 2.75) is 39.2 Å². The van der Waals surface area contributed by atoms with E-state index < -0.39 is 0 Å². The fourth-order valence-corrected chi connectivity index (χ4v) is 2.92. The number of hydrogen-bond donors (Lipinski definition) is 0. The van der Waals surface area contributed by atoms with Gasteiger partial charge in [0.25, 0.3) is 0 Å². The van der Waals surface area contributed by atoms with Crippen molar-refractivity contribution in [1.29, 1.82) is 5.26 Å². The van der Waals surface area contributed by atoms with Crippen LogP contribution in [0.15, 0.2) is 18.2 Å². The summed E-state index contributed by atoms with van der Waals surface area (Å²) in [5.41, 5.74) is 3.68. The summed E-state index contributed by atoms with van der Waals surface area (Å²) in [4.78, 5) is 4.61. The highest BCUT2D eigenvalue weighted by Crippen LogP contribution is 2.24. The van der Waals surface area contributed by atoms with Crippen LogP contribution in [0.2, 0.25) is 0 Å². The minimum absolute atomic E-state index is 0.300. The topological polar surface area (TPSA) is 41.6 Å². The third-order valence-electron chi connectivity index (χ3n) is 3.94. The molecule has 102 valence electrons. The Morgan fingerprint density at radius 2 is 2.15 bits per heavy atom. The highest BCUT2D eigenvalue weighted by atomic mass is 19.1. The number of nitrogens with zero attached hydrogens (tertiary/aromatic N) is 3. The number of aromatic nitrogens is 2. The first-order chi connectivity index (χ1) is 9.69. The van der Waals surface area contributed by atoms with Gasteiger partial charge in [0.05, 0.1) is 23.9 Å². The highest BCUT2D eigenvalue weighted by molar-refractivity contribution is 5.38. The lowest BCUT2D eigenvalue weighted by Gasteiger charge is -2.15. The summed E-state index contributed by atoms with van der Waals surface area (Å²) in [5.74, 6) is 0.649. The zero-order valence-electron chi connectivity index (χ0n) is 11.5. The van der Waals surface area contributed by atoms with Crippen LogP contribution in [0.4, 0.5) is 4.39 Å². The molecule has 4 heteroatoms. The maximum Gasteiger partial charge on any atom is 0.123 e. The van der Waals surface area contributed by atoms with Gasteiger partial charge in [-0.1, -0.05) is 0 Å². The summed E-state index contributed by atoms with van der Waals surface area (Å²) >= 11 is 0. The van der Waals surface area contributed by atoms with Crippen LogP contribution in [-0.2, 0) is 19.4 Å². The Morgan fingerprint density at radius 3 is 2.95 bits per heavy atom. The third kappa shape index (κ3) is 2.20. The molecule has 0 fully saturated rings. The van der Waals surface area contributed by atoms with Gasteiger partial charge in [-0.05, 0) is 56.4 Å². The number of rotatable bonds is 2. The molecule has 0 aliphatic heterocycles. The summed E-state index contributed by atoms with van der Waals surface area (Å²) in [6.45, 7) is 2.50. The van der Waals surface area contributed by atoms with Crippen LogP contribution in [0, 0.1) is 24.1 Å². The SMILES string of the molecule is Cc1nc2c(n1Cc1cc(F)ccc1C#N)CCCC2. The fraction of sp³-hybridized carbons (Fsp3) is 0.375. The van der Waals surface area contributed by atoms with Gasteiger partial charge in [-0.25, -0.2) is 9.37 Å². The number of hydrogen-bond acceptors (Lipinski definition) is 2. The Bertz CT molecular complexity index is 694. The van der Waals surface area contributed by atoms with E-state index in [4.69, 9.17) is 5.26 Å². The van der Waals surface area contributed by atoms with E-state index in [1.165, 1.54) is 36.4 Å². The second kappa shape index (κ2) is 5.09. The number of halogens is 1. The smallest absolute Gasteiger partial charge is 0.123 e. The molecule has 3 nitrogen and oxygen atoms in total.